The molecule has 1 saturated heterocycles. The number of primary sulfonamides is 1. The van der Waals surface area contributed by atoms with Crippen molar-refractivity contribution in [3.8, 4) is 0 Å². The van der Waals surface area contributed by atoms with Gasteiger partial charge in [0.1, 0.15) is 0 Å². The van der Waals surface area contributed by atoms with Crippen LogP contribution in [-0.4, -0.2) is 26.9 Å². The van der Waals surface area contributed by atoms with E-state index < -0.39 is 15.3 Å². The summed E-state index contributed by atoms with van der Waals surface area (Å²) in [7, 11) is -3.57. The van der Waals surface area contributed by atoms with Crippen LogP contribution < -0.4 is 5.14 Å². The average molecular weight is 324 g/mol. The molecule has 2 rings (SSSR count). The average Bonchev–Trinajstić information content (AvgIpc) is 2.32. The van der Waals surface area contributed by atoms with Crippen molar-refractivity contribution in [3.05, 3.63) is 33.8 Å². The third kappa shape index (κ3) is 3.83. The molecule has 1 aliphatic heterocycles. The van der Waals surface area contributed by atoms with Gasteiger partial charge in [-0.3, -0.25) is 0 Å². The van der Waals surface area contributed by atoms with Gasteiger partial charge in [-0.25, -0.2) is 13.6 Å². The molecule has 1 aliphatic rings. The minimum atomic E-state index is -3.57. The summed E-state index contributed by atoms with van der Waals surface area (Å²) in [4.78, 5) is 0. The van der Waals surface area contributed by atoms with Gasteiger partial charge in [-0.05, 0) is 30.5 Å². The summed E-state index contributed by atoms with van der Waals surface area (Å²) >= 11 is 11.9. The highest BCUT2D eigenvalue weighted by molar-refractivity contribution is 7.89. The van der Waals surface area contributed by atoms with Crippen LogP contribution in [0.5, 0.6) is 0 Å². The molecule has 0 saturated carbocycles. The highest BCUT2D eigenvalue weighted by Crippen LogP contribution is 2.28. The van der Waals surface area contributed by atoms with Gasteiger partial charge in [0.25, 0.3) is 0 Å². The lowest BCUT2D eigenvalue weighted by Crippen LogP contribution is -2.42. The Morgan fingerprint density at radius 2 is 2.11 bits per heavy atom. The van der Waals surface area contributed by atoms with Gasteiger partial charge in [0, 0.05) is 22.6 Å². The molecule has 2 N–H and O–H groups in total. The first-order valence-corrected chi connectivity index (χ1v) is 8.28. The summed E-state index contributed by atoms with van der Waals surface area (Å²) in [5.41, 5.74) is 0.857. The van der Waals surface area contributed by atoms with Crippen molar-refractivity contribution in [1.29, 1.82) is 0 Å². The molecule has 0 aliphatic carbocycles. The highest BCUT2D eigenvalue weighted by Gasteiger charge is 2.34. The number of sulfonamides is 1. The highest BCUT2D eigenvalue weighted by atomic mass is 35.5. The molecule has 1 aromatic carbocycles. The first kappa shape index (κ1) is 15.1. The van der Waals surface area contributed by atoms with E-state index in [9.17, 15) is 8.42 Å². The standard InChI is InChI=1S/C12H15Cl2NO3S/c13-10-2-1-8(11(14)6-10)5-9-7-18-4-3-12(9)19(15,16)17/h1-2,6,9,12H,3-5,7H2,(H2,15,16,17)/t9-,12-/m0/s1. The SMILES string of the molecule is NS(=O)(=O)[C@H]1CCOC[C@@H]1Cc1ccc(Cl)cc1Cl. The quantitative estimate of drug-likeness (QED) is 0.927. The van der Waals surface area contributed by atoms with Crippen molar-refractivity contribution < 1.29 is 13.2 Å². The molecule has 0 radical (unpaired) electrons. The number of rotatable bonds is 3. The predicted octanol–water partition coefficient (Wildman–Crippen LogP) is 2.23. The molecular weight excluding hydrogens is 309 g/mol. The second kappa shape index (κ2) is 5.97. The Bertz CT molecular complexity index is 562. The van der Waals surface area contributed by atoms with Gasteiger partial charge in [0.2, 0.25) is 10.0 Å². The fourth-order valence-electron chi connectivity index (χ4n) is 2.37. The van der Waals surface area contributed by atoms with E-state index in [1.165, 1.54) is 0 Å². The molecule has 106 valence electrons. The summed E-state index contributed by atoms with van der Waals surface area (Å²) in [6.07, 6.45) is 0.936. The Morgan fingerprint density at radius 3 is 2.74 bits per heavy atom. The Morgan fingerprint density at radius 1 is 1.37 bits per heavy atom. The Balaban J connectivity index is 2.20. The molecule has 1 aromatic rings. The predicted molar refractivity (Wildman–Crippen MR) is 76.0 cm³/mol. The van der Waals surface area contributed by atoms with Crippen LogP contribution in [0.3, 0.4) is 0 Å². The van der Waals surface area contributed by atoms with E-state index in [0.29, 0.717) is 36.1 Å². The second-order valence-corrected chi connectivity index (χ2v) is 7.32. The minimum Gasteiger partial charge on any atom is -0.381 e. The smallest absolute Gasteiger partial charge is 0.212 e. The van der Waals surface area contributed by atoms with E-state index in [2.05, 4.69) is 0 Å². The van der Waals surface area contributed by atoms with Crippen LogP contribution in [0.15, 0.2) is 18.2 Å². The van der Waals surface area contributed by atoms with Gasteiger partial charge in [0.15, 0.2) is 0 Å². The van der Waals surface area contributed by atoms with Crippen LogP contribution in [0.25, 0.3) is 0 Å². The molecule has 1 heterocycles. The largest absolute Gasteiger partial charge is 0.381 e. The second-order valence-electron chi connectivity index (χ2n) is 4.69. The zero-order valence-electron chi connectivity index (χ0n) is 10.2. The summed E-state index contributed by atoms with van der Waals surface area (Å²) < 4.78 is 28.5. The van der Waals surface area contributed by atoms with Gasteiger partial charge < -0.3 is 4.74 Å². The molecule has 7 heteroatoms. The summed E-state index contributed by atoms with van der Waals surface area (Å²) in [6.45, 7) is 0.798. The maximum Gasteiger partial charge on any atom is 0.212 e. The van der Waals surface area contributed by atoms with Crippen LogP contribution in [-0.2, 0) is 21.2 Å². The van der Waals surface area contributed by atoms with Crippen LogP contribution in [0, 0.1) is 5.92 Å². The molecule has 2 atom stereocenters. The summed E-state index contributed by atoms with van der Waals surface area (Å²) in [5.74, 6) is -0.178. The summed E-state index contributed by atoms with van der Waals surface area (Å²) in [5, 5.41) is 5.79. The van der Waals surface area contributed by atoms with Crippen molar-refractivity contribution in [2.75, 3.05) is 13.2 Å². The van der Waals surface area contributed by atoms with Gasteiger partial charge >= 0.3 is 0 Å². The number of nitrogens with two attached hydrogens (primary N) is 1. The fourth-order valence-corrected chi connectivity index (χ4v) is 3.99. The Labute approximate surface area is 122 Å². The lowest BCUT2D eigenvalue weighted by atomic mass is 9.93. The number of ether oxygens (including phenoxy) is 1. The zero-order chi connectivity index (χ0) is 14.0. The summed E-state index contributed by atoms with van der Waals surface area (Å²) in [6, 6.07) is 5.19. The zero-order valence-corrected chi connectivity index (χ0v) is 12.5. The molecule has 0 aromatic heterocycles. The van der Waals surface area contributed by atoms with Crippen molar-refractivity contribution in [3.63, 3.8) is 0 Å². The van der Waals surface area contributed by atoms with Gasteiger partial charge in [-0.1, -0.05) is 29.3 Å². The van der Waals surface area contributed by atoms with E-state index in [-0.39, 0.29) is 5.92 Å². The van der Waals surface area contributed by atoms with Crippen molar-refractivity contribution in [1.82, 2.24) is 0 Å². The maximum atomic E-state index is 11.6. The molecule has 19 heavy (non-hydrogen) atoms. The monoisotopic (exact) mass is 323 g/mol. The van der Waals surface area contributed by atoms with Crippen LogP contribution in [0.4, 0.5) is 0 Å². The molecular formula is C12H15Cl2NO3S. The van der Waals surface area contributed by atoms with Gasteiger partial charge in [0.05, 0.1) is 11.9 Å². The number of benzene rings is 1. The van der Waals surface area contributed by atoms with Crippen LogP contribution in [0.1, 0.15) is 12.0 Å². The first-order chi connectivity index (χ1) is 8.88. The Kier molecular flexibility index (Phi) is 4.74. The van der Waals surface area contributed by atoms with Crippen molar-refractivity contribution in [2.45, 2.75) is 18.1 Å². The normalized spacial score (nSPS) is 24.4. The first-order valence-electron chi connectivity index (χ1n) is 5.91. The van der Waals surface area contributed by atoms with E-state index >= 15 is 0 Å². The third-order valence-electron chi connectivity index (χ3n) is 3.32. The van der Waals surface area contributed by atoms with E-state index in [1.54, 1.807) is 18.2 Å². The van der Waals surface area contributed by atoms with Crippen molar-refractivity contribution in [2.24, 2.45) is 11.1 Å². The van der Waals surface area contributed by atoms with Crippen molar-refractivity contribution >= 4 is 33.2 Å². The molecule has 0 unspecified atom stereocenters. The molecule has 0 amide bonds. The fraction of sp³-hybridized carbons (Fsp3) is 0.500. The number of hydrogen-bond acceptors (Lipinski definition) is 3. The minimum absolute atomic E-state index is 0.178. The molecule has 0 spiro atoms. The third-order valence-corrected chi connectivity index (χ3v) is 5.38. The molecule has 1 fully saturated rings. The van der Waals surface area contributed by atoms with E-state index in [1.807, 2.05) is 0 Å². The molecule has 0 bridgehead atoms. The lowest BCUT2D eigenvalue weighted by Gasteiger charge is -2.30. The topological polar surface area (TPSA) is 69.4 Å². The molecule has 4 nitrogen and oxygen atoms in total. The maximum absolute atomic E-state index is 11.6. The number of hydrogen-bond donors (Lipinski definition) is 1. The lowest BCUT2D eigenvalue weighted by molar-refractivity contribution is 0.0573. The van der Waals surface area contributed by atoms with Gasteiger partial charge in [-0.2, -0.15) is 0 Å². The van der Waals surface area contributed by atoms with Crippen LogP contribution in [0.2, 0.25) is 10.0 Å². The Hall–Kier alpha value is -0.330. The number of halogens is 2. The van der Waals surface area contributed by atoms with Crippen LogP contribution >= 0.6 is 23.2 Å². The van der Waals surface area contributed by atoms with E-state index in [0.717, 1.165) is 5.56 Å². The van der Waals surface area contributed by atoms with Gasteiger partial charge in [-0.15, -0.1) is 0 Å². The van der Waals surface area contributed by atoms with E-state index in [4.69, 9.17) is 33.1 Å².